The molecule has 1 aliphatic rings. The number of carbonyl (C=O) groups excluding carboxylic acids is 1. The van der Waals surface area contributed by atoms with Crippen molar-refractivity contribution in [1.82, 2.24) is 10.2 Å². The van der Waals surface area contributed by atoms with Crippen LogP contribution in [-0.2, 0) is 4.79 Å². The Morgan fingerprint density at radius 3 is 2.31 bits per heavy atom. The summed E-state index contributed by atoms with van der Waals surface area (Å²) in [6, 6.07) is 14.8. The van der Waals surface area contributed by atoms with E-state index in [9.17, 15) is 4.79 Å². The van der Waals surface area contributed by atoms with Crippen LogP contribution in [0.5, 0.6) is 5.75 Å². The summed E-state index contributed by atoms with van der Waals surface area (Å²) in [5, 5.41) is 3.10. The van der Waals surface area contributed by atoms with Gasteiger partial charge in [0.15, 0.2) is 6.61 Å². The van der Waals surface area contributed by atoms with Crippen LogP contribution in [0.25, 0.3) is 0 Å². The second-order valence-corrected chi connectivity index (χ2v) is 8.22. The number of aryl methyl sites for hydroxylation is 3. The molecule has 1 amide bonds. The quantitative estimate of drug-likeness (QED) is 0.738. The third-order valence-corrected chi connectivity index (χ3v) is 5.88. The summed E-state index contributed by atoms with van der Waals surface area (Å²) in [6.07, 6.45) is 5.05. The molecule has 2 aromatic carbocycles. The molecule has 0 radical (unpaired) electrons. The maximum absolute atomic E-state index is 12.5. The van der Waals surface area contributed by atoms with E-state index in [2.05, 4.69) is 55.3 Å². The fourth-order valence-corrected chi connectivity index (χ4v) is 3.87. The molecule has 1 N–H and O–H groups in total. The lowest BCUT2D eigenvalue weighted by Crippen LogP contribution is -2.40. The van der Waals surface area contributed by atoms with E-state index in [1.54, 1.807) is 0 Å². The van der Waals surface area contributed by atoms with Crippen LogP contribution in [0.15, 0.2) is 42.5 Å². The first-order chi connectivity index (χ1) is 14.0. The summed E-state index contributed by atoms with van der Waals surface area (Å²) in [5.41, 5.74) is 4.92. The SMILES string of the molecule is Cc1ccc(C(CNC(=O)COc2ccc(C)c(C)c2)N2CCCCCC2)cc1. The Kier molecular flexibility index (Phi) is 7.70. The van der Waals surface area contributed by atoms with Crippen LogP contribution in [0.2, 0.25) is 0 Å². The predicted molar refractivity (Wildman–Crippen MR) is 118 cm³/mol. The lowest BCUT2D eigenvalue weighted by atomic mass is 10.0. The van der Waals surface area contributed by atoms with Gasteiger partial charge in [-0.2, -0.15) is 0 Å². The maximum Gasteiger partial charge on any atom is 0.258 e. The second-order valence-electron chi connectivity index (χ2n) is 8.22. The molecular weight excluding hydrogens is 360 g/mol. The highest BCUT2D eigenvalue weighted by atomic mass is 16.5. The summed E-state index contributed by atoms with van der Waals surface area (Å²) in [5.74, 6) is 0.668. The van der Waals surface area contributed by atoms with Crippen molar-refractivity contribution in [3.8, 4) is 5.75 Å². The van der Waals surface area contributed by atoms with Gasteiger partial charge >= 0.3 is 0 Å². The Bertz CT molecular complexity index is 793. The zero-order valence-corrected chi connectivity index (χ0v) is 18.0. The van der Waals surface area contributed by atoms with Crippen molar-refractivity contribution in [1.29, 1.82) is 0 Å². The van der Waals surface area contributed by atoms with Gasteiger partial charge in [0.1, 0.15) is 5.75 Å². The molecule has 1 aliphatic heterocycles. The third kappa shape index (κ3) is 6.33. The molecule has 0 bridgehead atoms. The molecule has 1 atom stereocenters. The molecule has 0 spiro atoms. The van der Waals surface area contributed by atoms with Crippen LogP contribution in [-0.4, -0.2) is 37.0 Å². The van der Waals surface area contributed by atoms with Crippen molar-refractivity contribution in [2.45, 2.75) is 52.5 Å². The van der Waals surface area contributed by atoms with E-state index in [1.165, 1.54) is 47.9 Å². The van der Waals surface area contributed by atoms with Gasteiger partial charge in [0.05, 0.1) is 6.04 Å². The molecular formula is C25H34N2O2. The molecule has 0 saturated carbocycles. The molecule has 1 saturated heterocycles. The fraction of sp³-hybridized carbons (Fsp3) is 0.480. The zero-order valence-electron chi connectivity index (χ0n) is 18.0. The fourth-order valence-electron chi connectivity index (χ4n) is 3.87. The van der Waals surface area contributed by atoms with Gasteiger partial charge in [-0.25, -0.2) is 0 Å². The second kappa shape index (κ2) is 10.4. The summed E-state index contributed by atoms with van der Waals surface area (Å²) in [6.45, 7) is 9.06. The first kappa shape index (κ1) is 21.4. The standard InChI is InChI=1S/C25H34N2O2/c1-19-8-11-22(12-9-19)24(27-14-6-4-5-7-15-27)17-26-25(28)18-29-23-13-10-20(2)21(3)16-23/h8-13,16,24H,4-7,14-15,17-18H2,1-3H3,(H,26,28). The van der Waals surface area contributed by atoms with E-state index in [0.717, 1.165) is 18.8 Å². The van der Waals surface area contributed by atoms with Gasteiger partial charge in [0.2, 0.25) is 0 Å². The molecule has 1 fully saturated rings. The average Bonchev–Trinajstić information content (AvgIpc) is 3.00. The summed E-state index contributed by atoms with van der Waals surface area (Å²) in [4.78, 5) is 15.0. The van der Waals surface area contributed by atoms with Gasteiger partial charge < -0.3 is 10.1 Å². The first-order valence-corrected chi connectivity index (χ1v) is 10.8. The van der Waals surface area contributed by atoms with E-state index in [-0.39, 0.29) is 18.6 Å². The number of hydrogen-bond acceptors (Lipinski definition) is 3. The Labute approximate surface area is 175 Å². The Morgan fingerprint density at radius 1 is 0.966 bits per heavy atom. The molecule has 1 heterocycles. The molecule has 0 aromatic heterocycles. The topological polar surface area (TPSA) is 41.6 Å². The number of carbonyl (C=O) groups is 1. The van der Waals surface area contributed by atoms with E-state index < -0.39 is 0 Å². The molecule has 29 heavy (non-hydrogen) atoms. The molecule has 0 aliphatic carbocycles. The molecule has 4 nitrogen and oxygen atoms in total. The van der Waals surface area contributed by atoms with Gasteiger partial charge in [-0.15, -0.1) is 0 Å². The smallest absolute Gasteiger partial charge is 0.258 e. The van der Waals surface area contributed by atoms with E-state index in [4.69, 9.17) is 4.74 Å². The van der Waals surface area contributed by atoms with Crippen LogP contribution in [0, 0.1) is 20.8 Å². The van der Waals surface area contributed by atoms with Crippen molar-refractivity contribution in [2.24, 2.45) is 0 Å². The monoisotopic (exact) mass is 394 g/mol. The van der Waals surface area contributed by atoms with Crippen LogP contribution in [0.3, 0.4) is 0 Å². The minimum absolute atomic E-state index is 0.0448. The Morgan fingerprint density at radius 2 is 1.66 bits per heavy atom. The highest BCUT2D eigenvalue weighted by Crippen LogP contribution is 2.24. The molecule has 4 heteroatoms. The highest BCUT2D eigenvalue weighted by Gasteiger charge is 2.22. The van der Waals surface area contributed by atoms with Gasteiger partial charge in [0, 0.05) is 6.54 Å². The lowest BCUT2D eigenvalue weighted by Gasteiger charge is -2.31. The van der Waals surface area contributed by atoms with Gasteiger partial charge in [-0.3, -0.25) is 9.69 Å². The largest absolute Gasteiger partial charge is 0.484 e. The molecule has 2 aromatic rings. The number of nitrogens with one attached hydrogen (secondary N) is 1. The Hall–Kier alpha value is -2.33. The number of amides is 1. The van der Waals surface area contributed by atoms with Crippen LogP contribution < -0.4 is 10.1 Å². The van der Waals surface area contributed by atoms with Crippen molar-refractivity contribution in [3.05, 3.63) is 64.7 Å². The Balaban J connectivity index is 1.60. The summed E-state index contributed by atoms with van der Waals surface area (Å²) >= 11 is 0. The highest BCUT2D eigenvalue weighted by molar-refractivity contribution is 5.77. The number of rotatable bonds is 7. The lowest BCUT2D eigenvalue weighted by molar-refractivity contribution is -0.123. The van der Waals surface area contributed by atoms with E-state index >= 15 is 0 Å². The first-order valence-electron chi connectivity index (χ1n) is 10.8. The van der Waals surface area contributed by atoms with Crippen molar-refractivity contribution >= 4 is 5.91 Å². The number of hydrogen-bond donors (Lipinski definition) is 1. The molecule has 3 rings (SSSR count). The average molecular weight is 395 g/mol. The van der Waals surface area contributed by atoms with Crippen molar-refractivity contribution < 1.29 is 9.53 Å². The normalized spacial score (nSPS) is 16.1. The minimum Gasteiger partial charge on any atom is -0.484 e. The van der Waals surface area contributed by atoms with Crippen molar-refractivity contribution in [2.75, 3.05) is 26.2 Å². The van der Waals surface area contributed by atoms with E-state index in [0.29, 0.717) is 6.54 Å². The van der Waals surface area contributed by atoms with Crippen LogP contribution in [0.4, 0.5) is 0 Å². The number of likely N-dealkylation sites (tertiary alicyclic amines) is 1. The molecule has 1 unspecified atom stereocenters. The van der Waals surface area contributed by atoms with Gasteiger partial charge in [0.25, 0.3) is 5.91 Å². The zero-order chi connectivity index (χ0) is 20.6. The van der Waals surface area contributed by atoms with E-state index in [1.807, 2.05) is 18.2 Å². The minimum atomic E-state index is -0.0739. The predicted octanol–water partition coefficient (Wildman–Crippen LogP) is 4.72. The number of nitrogens with zero attached hydrogens (tertiary/aromatic N) is 1. The van der Waals surface area contributed by atoms with Crippen LogP contribution >= 0.6 is 0 Å². The van der Waals surface area contributed by atoms with Gasteiger partial charge in [-0.05, 0) is 75.5 Å². The summed E-state index contributed by atoms with van der Waals surface area (Å²) < 4.78 is 5.70. The third-order valence-electron chi connectivity index (χ3n) is 5.88. The van der Waals surface area contributed by atoms with Crippen molar-refractivity contribution in [3.63, 3.8) is 0 Å². The number of benzene rings is 2. The molecule has 156 valence electrons. The summed E-state index contributed by atoms with van der Waals surface area (Å²) in [7, 11) is 0. The van der Waals surface area contributed by atoms with Gasteiger partial charge in [-0.1, -0.05) is 48.7 Å². The number of ether oxygens (including phenoxy) is 1. The van der Waals surface area contributed by atoms with Crippen LogP contribution in [0.1, 0.15) is 54.0 Å². The maximum atomic E-state index is 12.5.